The Morgan fingerprint density at radius 2 is 1.47 bits per heavy atom. The van der Waals surface area contributed by atoms with Crippen LogP contribution in [0.4, 0.5) is 0 Å². The van der Waals surface area contributed by atoms with Crippen molar-refractivity contribution in [2.24, 2.45) is 0 Å². The van der Waals surface area contributed by atoms with Gasteiger partial charge in [-0.2, -0.15) is 0 Å². The maximum absolute atomic E-state index is 12.8. The zero-order valence-electron chi connectivity index (χ0n) is 21.3. The van der Waals surface area contributed by atoms with E-state index in [0.717, 1.165) is 22.6 Å². The maximum Gasteiger partial charge on any atom is 0.325 e. The van der Waals surface area contributed by atoms with Gasteiger partial charge in [0.1, 0.15) is 6.54 Å². The highest BCUT2D eigenvalue weighted by molar-refractivity contribution is 6.00. The molecule has 0 atom stereocenters. The average molecular weight is 495 g/mol. The minimum atomic E-state index is -0.739. The SMILES string of the molecule is COc1cc(C(=O)NCC(=O)OCC(=O)c2cc(C)n(-c3ccc(C)cc3)c2C)cc(OC)c1OC. The van der Waals surface area contributed by atoms with E-state index in [0.29, 0.717) is 22.8 Å². The maximum atomic E-state index is 12.8. The Hall–Kier alpha value is -4.27. The number of ether oxygens (including phenoxy) is 4. The molecule has 0 radical (unpaired) electrons. The quantitative estimate of drug-likeness (QED) is 0.339. The van der Waals surface area contributed by atoms with Gasteiger partial charge in [0.15, 0.2) is 18.1 Å². The van der Waals surface area contributed by atoms with E-state index in [1.54, 1.807) is 6.07 Å². The first-order valence-electron chi connectivity index (χ1n) is 11.2. The van der Waals surface area contributed by atoms with E-state index in [-0.39, 0.29) is 11.3 Å². The first kappa shape index (κ1) is 26.3. The summed E-state index contributed by atoms with van der Waals surface area (Å²) >= 11 is 0. The van der Waals surface area contributed by atoms with E-state index < -0.39 is 25.0 Å². The molecule has 0 unspecified atom stereocenters. The lowest BCUT2D eigenvalue weighted by Crippen LogP contribution is -2.31. The lowest BCUT2D eigenvalue weighted by atomic mass is 10.1. The molecule has 1 heterocycles. The molecular weight excluding hydrogens is 464 g/mol. The van der Waals surface area contributed by atoms with Crippen molar-refractivity contribution in [2.75, 3.05) is 34.5 Å². The molecule has 9 nitrogen and oxygen atoms in total. The number of ketones is 1. The van der Waals surface area contributed by atoms with E-state index in [9.17, 15) is 14.4 Å². The number of Topliss-reactive ketones (excluding diaryl/α,β-unsaturated/α-hetero) is 1. The minimum Gasteiger partial charge on any atom is -0.493 e. The highest BCUT2D eigenvalue weighted by Gasteiger charge is 2.20. The van der Waals surface area contributed by atoms with Gasteiger partial charge in [0, 0.05) is 28.2 Å². The minimum absolute atomic E-state index is 0.205. The number of aryl methyl sites for hydroxylation is 2. The van der Waals surface area contributed by atoms with Gasteiger partial charge < -0.3 is 28.8 Å². The van der Waals surface area contributed by atoms with Crippen LogP contribution in [-0.2, 0) is 9.53 Å². The van der Waals surface area contributed by atoms with Crippen molar-refractivity contribution in [1.29, 1.82) is 0 Å². The van der Waals surface area contributed by atoms with Crippen LogP contribution in [0.25, 0.3) is 5.69 Å². The number of nitrogens with zero attached hydrogens (tertiary/aromatic N) is 1. The average Bonchev–Trinajstić information content (AvgIpc) is 3.18. The zero-order chi connectivity index (χ0) is 26.4. The van der Waals surface area contributed by atoms with Gasteiger partial charge in [0.05, 0.1) is 21.3 Å². The first-order valence-corrected chi connectivity index (χ1v) is 11.2. The molecule has 2 aromatic carbocycles. The van der Waals surface area contributed by atoms with Gasteiger partial charge >= 0.3 is 5.97 Å². The van der Waals surface area contributed by atoms with Gasteiger partial charge in [-0.3, -0.25) is 14.4 Å². The number of carbonyl (C=O) groups excluding carboxylic acids is 3. The fourth-order valence-electron chi connectivity index (χ4n) is 3.88. The summed E-state index contributed by atoms with van der Waals surface area (Å²) in [6.07, 6.45) is 0. The third-order valence-electron chi connectivity index (χ3n) is 5.71. The third kappa shape index (κ3) is 5.68. The van der Waals surface area contributed by atoms with Crippen LogP contribution in [0.1, 0.15) is 37.7 Å². The van der Waals surface area contributed by atoms with Crippen LogP contribution in [0.3, 0.4) is 0 Å². The molecule has 0 aliphatic rings. The van der Waals surface area contributed by atoms with Crippen molar-refractivity contribution in [3.63, 3.8) is 0 Å². The Bertz CT molecular complexity index is 1250. The summed E-state index contributed by atoms with van der Waals surface area (Å²) in [6.45, 7) is 4.92. The summed E-state index contributed by atoms with van der Waals surface area (Å²) in [6, 6.07) is 12.7. The van der Waals surface area contributed by atoms with Gasteiger partial charge in [0.2, 0.25) is 11.5 Å². The smallest absolute Gasteiger partial charge is 0.325 e. The van der Waals surface area contributed by atoms with E-state index in [1.807, 2.05) is 49.6 Å². The number of rotatable bonds is 10. The van der Waals surface area contributed by atoms with Gasteiger partial charge in [-0.05, 0) is 51.1 Å². The second-order valence-electron chi connectivity index (χ2n) is 8.14. The van der Waals surface area contributed by atoms with Crippen LogP contribution in [0.2, 0.25) is 0 Å². The lowest BCUT2D eigenvalue weighted by Gasteiger charge is -2.14. The Balaban J connectivity index is 1.60. The summed E-state index contributed by atoms with van der Waals surface area (Å²) in [7, 11) is 4.33. The number of methoxy groups -OCH3 is 3. The molecule has 0 saturated carbocycles. The van der Waals surface area contributed by atoms with Crippen molar-refractivity contribution < 1.29 is 33.3 Å². The zero-order valence-corrected chi connectivity index (χ0v) is 21.3. The Morgan fingerprint density at radius 3 is 2.03 bits per heavy atom. The van der Waals surface area contributed by atoms with Gasteiger partial charge in [-0.1, -0.05) is 17.7 Å². The Kier molecular flexibility index (Phi) is 8.37. The molecule has 0 aliphatic carbocycles. The van der Waals surface area contributed by atoms with E-state index >= 15 is 0 Å². The predicted molar refractivity (Wildman–Crippen MR) is 134 cm³/mol. The molecular formula is C27H30N2O7. The highest BCUT2D eigenvalue weighted by atomic mass is 16.5. The summed E-state index contributed by atoms with van der Waals surface area (Å²) in [5.41, 5.74) is 4.42. The van der Waals surface area contributed by atoms with Crippen LogP contribution in [0, 0.1) is 20.8 Å². The third-order valence-corrected chi connectivity index (χ3v) is 5.71. The predicted octanol–water partition coefficient (Wildman–Crippen LogP) is 3.58. The molecule has 1 aromatic heterocycles. The molecule has 1 amide bonds. The Morgan fingerprint density at radius 1 is 0.861 bits per heavy atom. The molecule has 36 heavy (non-hydrogen) atoms. The molecule has 0 saturated heterocycles. The van der Waals surface area contributed by atoms with Crippen LogP contribution in [-0.4, -0.2) is 56.7 Å². The largest absolute Gasteiger partial charge is 0.493 e. The topological polar surface area (TPSA) is 105 Å². The van der Waals surface area contributed by atoms with Crippen molar-refractivity contribution in [2.45, 2.75) is 20.8 Å². The molecule has 0 aliphatic heterocycles. The summed E-state index contributed by atoms with van der Waals surface area (Å²) in [5, 5.41) is 2.47. The van der Waals surface area contributed by atoms with Gasteiger partial charge in [-0.25, -0.2) is 0 Å². The summed E-state index contributed by atoms with van der Waals surface area (Å²) in [5.74, 6) is -0.658. The van der Waals surface area contributed by atoms with Crippen molar-refractivity contribution in [3.8, 4) is 22.9 Å². The standard InChI is InChI=1S/C27H30N2O7/c1-16-7-9-20(10-8-16)29-17(2)11-21(18(29)3)22(30)15-36-25(31)14-28-27(32)19-12-23(33-4)26(35-6)24(13-19)34-5/h7-13H,14-15H2,1-6H3,(H,28,32). The van der Waals surface area contributed by atoms with Crippen molar-refractivity contribution in [1.82, 2.24) is 9.88 Å². The molecule has 0 spiro atoms. The summed E-state index contributed by atoms with van der Waals surface area (Å²) in [4.78, 5) is 37.5. The van der Waals surface area contributed by atoms with E-state index in [4.69, 9.17) is 18.9 Å². The molecule has 3 aromatic rings. The monoisotopic (exact) mass is 494 g/mol. The van der Waals surface area contributed by atoms with Crippen molar-refractivity contribution in [3.05, 3.63) is 70.5 Å². The number of amides is 1. The number of hydrogen-bond acceptors (Lipinski definition) is 7. The van der Waals surface area contributed by atoms with Gasteiger partial charge in [0.25, 0.3) is 5.91 Å². The lowest BCUT2D eigenvalue weighted by molar-refractivity contribution is -0.141. The molecule has 1 N–H and O–H groups in total. The number of benzene rings is 2. The molecule has 9 heteroatoms. The van der Waals surface area contributed by atoms with E-state index in [1.165, 1.54) is 33.5 Å². The van der Waals surface area contributed by atoms with Crippen LogP contribution >= 0.6 is 0 Å². The summed E-state index contributed by atoms with van der Waals surface area (Å²) < 4.78 is 22.8. The number of hydrogen-bond donors (Lipinski definition) is 1. The van der Waals surface area contributed by atoms with Crippen LogP contribution < -0.4 is 19.5 Å². The fourth-order valence-corrected chi connectivity index (χ4v) is 3.88. The van der Waals surface area contributed by atoms with Crippen LogP contribution in [0.5, 0.6) is 17.2 Å². The fraction of sp³-hybridized carbons (Fsp3) is 0.296. The number of nitrogens with one attached hydrogen (secondary N) is 1. The van der Waals surface area contributed by atoms with Gasteiger partial charge in [-0.15, -0.1) is 0 Å². The molecule has 190 valence electrons. The second-order valence-corrected chi connectivity index (χ2v) is 8.14. The first-order chi connectivity index (χ1) is 17.2. The molecule has 3 rings (SSSR count). The van der Waals surface area contributed by atoms with Crippen molar-refractivity contribution >= 4 is 17.7 Å². The van der Waals surface area contributed by atoms with E-state index in [2.05, 4.69) is 5.32 Å². The highest BCUT2D eigenvalue weighted by Crippen LogP contribution is 2.38. The second kappa shape index (κ2) is 11.4. The normalized spacial score (nSPS) is 10.5. The molecule has 0 bridgehead atoms. The number of carbonyl (C=O) groups is 3. The number of esters is 1. The Labute approximate surface area is 209 Å². The molecule has 0 fully saturated rings. The number of aromatic nitrogens is 1. The van der Waals surface area contributed by atoms with Crippen LogP contribution in [0.15, 0.2) is 42.5 Å².